The summed E-state index contributed by atoms with van der Waals surface area (Å²) in [6, 6.07) is 12.3. The molecule has 0 bridgehead atoms. The van der Waals surface area contributed by atoms with Gasteiger partial charge in [-0.3, -0.25) is 14.9 Å². The average molecular weight is 439 g/mol. The summed E-state index contributed by atoms with van der Waals surface area (Å²) < 4.78 is 1.89. The van der Waals surface area contributed by atoms with Crippen molar-refractivity contribution in [2.24, 2.45) is 5.10 Å². The summed E-state index contributed by atoms with van der Waals surface area (Å²) in [4.78, 5) is 22.7. The number of non-ortho nitro benzene ring substituents is 1. The fourth-order valence-electron chi connectivity index (χ4n) is 3.51. The van der Waals surface area contributed by atoms with Crippen molar-refractivity contribution in [3.05, 3.63) is 91.2 Å². The van der Waals surface area contributed by atoms with Crippen LogP contribution >= 0.6 is 11.6 Å². The third-order valence-electron chi connectivity index (χ3n) is 5.10. The highest BCUT2D eigenvalue weighted by atomic mass is 35.5. The molecule has 1 amide bonds. The molecule has 1 N–H and O–H groups in total. The normalized spacial score (nSPS) is 11.1. The van der Waals surface area contributed by atoms with Crippen molar-refractivity contribution in [1.82, 2.24) is 9.99 Å². The second-order valence-corrected chi connectivity index (χ2v) is 7.86. The summed E-state index contributed by atoms with van der Waals surface area (Å²) in [5.41, 5.74) is 8.87. The Morgan fingerprint density at radius 2 is 1.90 bits per heavy atom. The van der Waals surface area contributed by atoms with Gasteiger partial charge in [0.1, 0.15) is 0 Å². The van der Waals surface area contributed by atoms with Crippen LogP contribution in [0, 0.1) is 37.8 Å². The van der Waals surface area contributed by atoms with Gasteiger partial charge in [0, 0.05) is 29.1 Å². The number of nitrogens with zero attached hydrogens (tertiary/aromatic N) is 3. The molecule has 3 rings (SSSR count). The largest absolute Gasteiger partial charge is 0.316 e. The van der Waals surface area contributed by atoms with E-state index in [1.807, 2.05) is 56.5 Å². The van der Waals surface area contributed by atoms with Gasteiger partial charge in [-0.1, -0.05) is 35.4 Å². The third kappa shape index (κ3) is 5.00. The van der Waals surface area contributed by atoms with E-state index in [1.165, 1.54) is 12.1 Å². The van der Waals surface area contributed by atoms with E-state index in [0.29, 0.717) is 5.69 Å². The molecular weight excluding hydrogens is 416 g/mol. The van der Waals surface area contributed by atoms with Crippen molar-refractivity contribution in [3.8, 4) is 5.69 Å². The maximum absolute atomic E-state index is 12.2. The lowest BCUT2D eigenvalue weighted by Gasteiger charge is -2.11. The number of carbonyl (C=O) groups is 1. The number of benzene rings is 2. The molecule has 160 valence electrons. The second-order valence-electron chi connectivity index (χ2n) is 7.45. The average Bonchev–Trinajstić information content (AvgIpc) is 2.97. The minimum absolute atomic E-state index is 0.0653. The number of hydrazone groups is 1. The van der Waals surface area contributed by atoms with Crippen LogP contribution in [-0.2, 0) is 11.2 Å². The van der Waals surface area contributed by atoms with E-state index in [-0.39, 0.29) is 23.0 Å². The summed E-state index contributed by atoms with van der Waals surface area (Å²) in [6.45, 7) is 7.79. The Labute approximate surface area is 185 Å². The monoisotopic (exact) mass is 438 g/mol. The van der Waals surface area contributed by atoms with Crippen molar-refractivity contribution >= 4 is 29.4 Å². The predicted octanol–water partition coefficient (Wildman–Crippen LogP) is 4.97. The van der Waals surface area contributed by atoms with Gasteiger partial charge in [-0.05, 0) is 51.0 Å². The van der Waals surface area contributed by atoms with E-state index < -0.39 is 4.92 Å². The molecule has 3 aromatic rings. The number of hydrogen-bond donors (Lipinski definition) is 1. The van der Waals surface area contributed by atoms with Gasteiger partial charge < -0.3 is 4.57 Å². The topological polar surface area (TPSA) is 89.5 Å². The molecule has 0 atom stereocenters. The predicted molar refractivity (Wildman–Crippen MR) is 122 cm³/mol. The number of carbonyl (C=O) groups excluding carboxylic acids is 1. The zero-order chi connectivity index (χ0) is 22.7. The van der Waals surface area contributed by atoms with E-state index >= 15 is 0 Å². The van der Waals surface area contributed by atoms with Crippen LogP contribution < -0.4 is 5.43 Å². The molecule has 8 heteroatoms. The highest BCUT2D eigenvalue weighted by Crippen LogP contribution is 2.29. The Morgan fingerprint density at radius 1 is 1.16 bits per heavy atom. The highest BCUT2D eigenvalue weighted by molar-refractivity contribution is 6.32. The van der Waals surface area contributed by atoms with Gasteiger partial charge in [0.25, 0.3) is 5.69 Å². The van der Waals surface area contributed by atoms with Crippen molar-refractivity contribution in [2.75, 3.05) is 0 Å². The van der Waals surface area contributed by atoms with Crippen LogP contribution in [0.2, 0.25) is 5.02 Å². The van der Waals surface area contributed by atoms with Crippen LogP contribution in [-0.4, -0.2) is 21.6 Å². The Morgan fingerprint density at radius 3 is 2.55 bits per heavy atom. The van der Waals surface area contributed by atoms with Gasteiger partial charge in [0.05, 0.1) is 28.3 Å². The molecule has 0 fully saturated rings. The number of aryl methyl sites for hydroxylation is 3. The van der Waals surface area contributed by atoms with Crippen LogP contribution in [0.4, 0.5) is 5.69 Å². The minimum atomic E-state index is -0.482. The van der Waals surface area contributed by atoms with Crippen LogP contribution in [0.15, 0.2) is 47.6 Å². The molecule has 0 spiro atoms. The van der Waals surface area contributed by atoms with Crippen LogP contribution in [0.1, 0.15) is 33.6 Å². The first-order valence-corrected chi connectivity index (χ1v) is 10.1. The van der Waals surface area contributed by atoms with Crippen LogP contribution in [0.25, 0.3) is 5.69 Å². The molecule has 0 aliphatic heterocycles. The first-order chi connectivity index (χ1) is 14.7. The molecule has 7 nitrogen and oxygen atoms in total. The molecule has 31 heavy (non-hydrogen) atoms. The summed E-state index contributed by atoms with van der Waals surface area (Å²) >= 11 is 6.29. The quantitative estimate of drug-likeness (QED) is 0.335. The first-order valence-electron chi connectivity index (χ1n) is 9.68. The van der Waals surface area contributed by atoms with E-state index in [9.17, 15) is 14.9 Å². The molecule has 0 saturated heterocycles. The number of nitro benzene ring substituents is 1. The van der Waals surface area contributed by atoms with Crippen LogP contribution in [0.3, 0.4) is 0 Å². The first kappa shape index (κ1) is 22.2. The summed E-state index contributed by atoms with van der Waals surface area (Å²) in [6.07, 6.45) is 1.83. The smallest absolute Gasteiger partial charge is 0.271 e. The van der Waals surface area contributed by atoms with Crippen molar-refractivity contribution < 1.29 is 9.72 Å². The number of nitrogens with one attached hydrogen (secondary N) is 1. The lowest BCUT2D eigenvalue weighted by Crippen LogP contribution is -2.20. The van der Waals surface area contributed by atoms with E-state index in [2.05, 4.69) is 10.5 Å². The number of amides is 1. The number of nitro groups is 1. The van der Waals surface area contributed by atoms with Gasteiger partial charge in [-0.25, -0.2) is 5.43 Å². The third-order valence-corrected chi connectivity index (χ3v) is 5.40. The molecular formula is C23H23ClN4O3. The number of halogens is 1. The molecule has 0 saturated carbocycles. The number of aromatic nitrogens is 1. The standard InChI is InChI=1S/C23H23ClN4O3/c1-14-5-6-18(15(2)9-14)11-23(29)26-25-13-19-10-16(3)27(17(19)4)22-8-7-20(28(30)31)12-21(22)24/h5-10,12-13H,11H2,1-4H3,(H,26,29)/b25-13-. The zero-order valence-corrected chi connectivity index (χ0v) is 18.5. The maximum Gasteiger partial charge on any atom is 0.271 e. The van der Waals surface area contributed by atoms with Crippen LogP contribution in [0.5, 0.6) is 0 Å². The zero-order valence-electron chi connectivity index (χ0n) is 17.8. The summed E-state index contributed by atoms with van der Waals surface area (Å²) in [5, 5.41) is 15.3. The highest BCUT2D eigenvalue weighted by Gasteiger charge is 2.15. The molecule has 0 radical (unpaired) electrons. The van der Waals surface area contributed by atoms with E-state index in [0.717, 1.165) is 33.6 Å². The molecule has 1 heterocycles. The summed E-state index contributed by atoms with van der Waals surface area (Å²) in [5.74, 6) is -0.199. The second kappa shape index (κ2) is 9.14. The Balaban J connectivity index is 1.75. The van der Waals surface area contributed by atoms with Gasteiger partial charge in [-0.15, -0.1) is 0 Å². The SMILES string of the molecule is Cc1ccc(CC(=O)N/N=C\c2cc(C)n(-c3ccc([N+](=O)[O-])cc3Cl)c2C)c(C)c1. The van der Waals surface area contributed by atoms with Gasteiger partial charge in [0.2, 0.25) is 5.91 Å². The summed E-state index contributed by atoms with van der Waals surface area (Å²) in [7, 11) is 0. The van der Waals surface area contributed by atoms with Gasteiger partial charge in [-0.2, -0.15) is 5.10 Å². The van der Waals surface area contributed by atoms with E-state index in [1.54, 1.807) is 12.3 Å². The Bertz CT molecular complexity index is 1200. The molecule has 0 aliphatic carbocycles. The van der Waals surface area contributed by atoms with Gasteiger partial charge in [0.15, 0.2) is 0 Å². The van der Waals surface area contributed by atoms with Crippen molar-refractivity contribution in [3.63, 3.8) is 0 Å². The molecule has 2 aromatic carbocycles. The maximum atomic E-state index is 12.2. The fourth-order valence-corrected chi connectivity index (χ4v) is 3.77. The molecule has 0 aliphatic rings. The Kier molecular flexibility index (Phi) is 6.56. The molecule has 1 aromatic heterocycles. The fraction of sp³-hybridized carbons (Fsp3) is 0.217. The number of rotatable bonds is 6. The van der Waals surface area contributed by atoms with Crippen molar-refractivity contribution in [1.29, 1.82) is 0 Å². The lowest BCUT2D eigenvalue weighted by molar-refractivity contribution is -0.384. The minimum Gasteiger partial charge on any atom is -0.316 e. The number of hydrogen-bond acceptors (Lipinski definition) is 4. The lowest BCUT2D eigenvalue weighted by atomic mass is 10.0. The van der Waals surface area contributed by atoms with E-state index in [4.69, 9.17) is 11.6 Å². The molecule has 0 unspecified atom stereocenters. The van der Waals surface area contributed by atoms with Crippen molar-refractivity contribution in [2.45, 2.75) is 34.1 Å². The van der Waals surface area contributed by atoms with Gasteiger partial charge >= 0.3 is 0 Å². The Hall–Kier alpha value is -3.45.